The fourth-order valence-electron chi connectivity index (χ4n) is 4.03. The monoisotopic (exact) mass is 382 g/mol. The van der Waals surface area contributed by atoms with Crippen LogP contribution in [0.3, 0.4) is 0 Å². The lowest BCUT2D eigenvalue weighted by Gasteiger charge is -2.47. The zero-order valence-electron chi connectivity index (χ0n) is 16.2. The van der Waals surface area contributed by atoms with Crippen LogP contribution in [0.25, 0.3) is 0 Å². The molecule has 1 aromatic heterocycles. The number of nitrogens with zero attached hydrogens (tertiary/aromatic N) is 3. The van der Waals surface area contributed by atoms with Crippen molar-refractivity contribution in [2.45, 2.75) is 31.8 Å². The van der Waals surface area contributed by atoms with Gasteiger partial charge in [-0.15, -0.1) is 0 Å². The first-order valence-corrected chi connectivity index (χ1v) is 9.80. The average Bonchev–Trinajstić information content (AvgIpc) is 3.24. The minimum atomic E-state index is -0.349. The number of aromatic nitrogens is 2. The first-order valence-electron chi connectivity index (χ1n) is 9.80. The number of likely N-dealkylation sites (tertiary alicyclic amines) is 1. The van der Waals surface area contributed by atoms with Crippen molar-refractivity contribution in [2.75, 3.05) is 32.8 Å². The third-order valence-corrected chi connectivity index (χ3v) is 5.78. The van der Waals surface area contributed by atoms with E-state index in [4.69, 9.17) is 4.74 Å². The summed E-state index contributed by atoms with van der Waals surface area (Å²) in [5, 5.41) is 6.55. The molecule has 0 radical (unpaired) electrons. The minimum absolute atomic E-state index is 0.0192. The number of morpholine rings is 1. The minimum Gasteiger partial charge on any atom is -0.371 e. The number of nitrogens with one attached hydrogen (secondary N) is 1. The van der Waals surface area contributed by atoms with Gasteiger partial charge in [0.05, 0.1) is 36.9 Å². The summed E-state index contributed by atoms with van der Waals surface area (Å²) >= 11 is 0. The number of ether oxygens (including phenoxy) is 1. The van der Waals surface area contributed by atoms with E-state index in [9.17, 15) is 9.59 Å². The molecular weight excluding hydrogens is 356 g/mol. The molecule has 4 rings (SSSR count). The highest BCUT2D eigenvalue weighted by Gasteiger charge is 2.42. The first-order chi connectivity index (χ1) is 13.5. The number of aryl methyl sites for hydroxylation is 1. The summed E-state index contributed by atoms with van der Waals surface area (Å²) in [4.78, 5) is 29.1. The van der Waals surface area contributed by atoms with Gasteiger partial charge in [-0.05, 0) is 25.3 Å². The summed E-state index contributed by atoms with van der Waals surface area (Å²) in [6.07, 6.45) is 5.11. The molecule has 7 nitrogen and oxygen atoms in total. The Morgan fingerprint density at radius 3 is 2.57 bits per heavy atom. The lowest BCUT2D eigenvalue weighted by Crippen LogP contribution is -2.58. The van der Waals surface area contributed by atoms with Gasteiger partial charge in [0.1, 0.15) is 0 Å². The molecule has 0 atom stereocenters. The predicted molar refractivity (Wildman–Crippen MR) is 104 cm³/mol. The van der Waals surface area contributed by atoms with E-state index >= 15 is 0 Å². The number of carbonyl (C=O) groups excluding carboxylic acids is 2. The molecule has 1 aromatic carbocycles. The number of piperidine rings is 1. The highest BCUT2D eigenvalue weighted by Crippen LogP contribution is 2.31. The lowest BCUT2D eigenvalue weighted by atomic mass is 9.89. The standard InChI is InChI=1S/C21H26N4O3/c1-16-2-4-17(5-3-16)12-19(26)24-8-6-21(7-9-24)15-25(10-11-28-21)20(27)18-13-22-23-14-18/h2-5,13-14H,6-12,15H2,1H3,(H,22,23). The zero-order chi connectivity index (χ0) is 19.6. The van der Waals surface area contributed by atoms with Crippen molar-refractivity contribution in [1.29, 1.82) is 0 Å². The molecule has 2 fully saturated rings. The van der Waals surface area contributed by atoms with Crippen molar-refractivity contribution in [3.05, 3.63) is 53.3 Å². The van der Waals surface area contributed by atoms with Gasteiger partial charge < -0.3 is 14.5 Å². The highest BCUT2D eigenvalue weighted by atomic mass is 16.5. The van der Waals surface area contributed by atoms with E-state index in [-0.39, 0.29) is 17.4 Å². The van der Waals surface area contributed by atoms with Crippen molar-refractivity contribution >= 4 is 11.8 Å². The van der Waals surface area contributed by atoms with E-state index in [1.165, 1.54) is 5.56 Å². The van der Waals surface area contributed by atoms with Gasteiger partial charge >= 0.3 is 0 Å². The number of hydrogen-bond acceptors (Lipinski definition) is 4. The summed E-state index contributed by atoms with van der Waals surface area (Å²) in [5.41, 5.74) is 2.46. The normalized spacial score (nSPS) is 19.0. The van der Waals surface area contributed by atoms with Crippen LogP contribution in [0.15, 0.2) is 36.7 Å². The van der Waals surface area contributed by atoms with Gasteiger partial charge in [0.15, 0.2) is 0 Å². The number of aromatic amines is 1. The van der Waals surface area contributed by atoms with Crippen LogP contribution in [-0.4, -0.2) is 70.2 Å². The van der Waals surface area contributed by atoms with E-state index in [2.05, 4.69) is 10.2 Å². The van der Waals surface area contributed by atoms with Gasteiger partial charge in [-0.25, -0.2) is 0 Å². The Bertz CT molecular complexity index is 824. The summed E-state index contributed by atoms with van der Waals surface area (Å²) in [6, 6.07) is 8.11. The van der Waals surface area contributed by atoms with Gasteiger partial charge in [-0.1, -0.05) is 29.8 Å². The molecule has 2 saturated heterocycles. The second-order valence-electron chi connectivity index (χ2n) is 7.79. The van der Waals surface area contributed by atoms with Crippen molar-refractivity contribution in [1.82, 2.24) is 20.0 Å². The summed E-state index contributed by atoms with van der Waals surface area (Å²) in [6.45, 7) is 5.05. The molecule has 2 aliphatic heterocycles. The van der Waals surface area contributed by atoms with Crippen LogP contribution < -0.4 is 0 Å². The Labute approximate surface area is 164 Å². The number of rotatable bonds is 3. The Morgan fingerprint density at radius 1 is 1.14 bits per heavy atom. The fourth-order valence-corrected chi connectivity index (χ4v) is 4.03. The Morgan fingerprint density at radius 2 is 1.89 bits per heavy atom. The molecule has 0 saturated carbocycles. The molecule has 3 heterocycles. The number of amides is 2. The quantitative estimate of drug-likeness (QED) is 0.878. The van der Waals surface area contributed by atoms with Crippen LogP contribution in [0.2, 0.25) is 0 Å². The van der Waals surface area contributed by atoms with E-state index in [1.807, 2.05) is 41.0 Å². The molecule has 0 bridgehead atoms. The van der Waals surface area contributed by atoms with Crippen LogP contribution in [-0.2, 0) is 16.0 Å². The van der Waals surface area contributed by atoms with Gasteiger partial charge in [0.25, 0.3) is 5.91 Å². The van der Waals surface area contributed by atoms with Crippen molar-refractivity contribution in [2.24, 2.45) is 0 Å². The van der Waals surface area contributed by atoms with E-state index in [1.54, 1.807) is 12.4 Å². The summed E-state index contributed by atoms with van der Waals surface area (Å²) in [7, 11) is 0. The third-order valence-electron chi connectivity index (χ3n) is 5.78. The van der Waals surface area contributed by atoms with Crippen LogP contribution in [0.1, 0.15) is 34.3 Å². The van der Waals surface area contributed by atoms with Crippen LogP contribution >= 0.6 is 0 Å². The van der Waals surface area contributed by atoms with Crippen molar-refractivity contribution in [3.63, 3.8) is 0 Å². The second-order valence-corrected chi connectivity index (χ2v) is 7.79. The second kappa shape index (κ2) is 7.75. The summed E-state index contributed by atoms with van der Waals surface area (Å²) < 4.78 is 6.11. The van der Waals surface area contributed by atoms with Crippen LogP contribution in [0.4, 0.5) is 0 Å². The van der Waals surface area contributed by atoms with E-state index in [0.29, 0.717) is 44.8 Å². The van der Waals surface area contributed by atoms with Crippen LogP contribution in [0, 0.1) is 6.92 Å². The zero-order valence-corrected chi connectivity index (χ0v) is 16.2. The van der Waals surface area contributed by atoms with Crippen LogP contribution in [0.5, 0.6) is 0 Å². The fraction of sp³-hybridized carbons (Fsp3) is 0.476. The number of carbonyl (C=O) groups is 2. The molecule has 7 heteroatoms. The molecule has 0 aliphatic carbocycles. The van der Waals surface area contributed by atoms with Crippen molar-refractivity contribution in [3.8, 4) is 0 Å². The largest absolute Gasteiger partial charge is 0.371 e. The lowest BCUT2D eigenvalue weighted by molar-refractivity contribution is -0.146. The SMILES string of the molecule is Cc1ccc(CC(=O)N2CCC3(CC2)CN(C(=O)c2cn[nH]c2)CCO3)cc1. The Hall–Kier alpha value is -2.67. The maximum Gasteiger partial charge on any atom is 0.257 e. The Kier molecular flexibility index (Phi) is 5.17. The third kappa shape index (κ3) is 3.94. The molecule has 0 unspecified atom stereocenters. The topological polar surface area (TPSA) is 78.5 Å². The maximum atomic E-state index is 12.7. The predicted octanol–water partition coefficient (Wildman–Crippen LogP) is 1.79. The molecule has 1 spiro atoms. The Balaban J connectivity index is 1.34. The molecule has 2 aromatic rings. The number of benzene rings is 1. The van der Waals surface area contributed by atoms with E-state index in [0.717, 1.165) is 18.4 Å². The summed E-state index contributed by atoms with van der Waals surface area (Å²) in [5.74, 6) is 0.134. The van der Waals surface area contributed by atoms with E-state index < -0.39 is 0 Å². The molecular formula is C21H26N4O3. The van der Waals surface area contributed by atoms with Gasteiger partial charge in [-0.3, -0.25) is 14.7 Å². The maximum absolute atomic E-state index is 12.7. The van der Waals surface area contributed by atoms with Gasteiger partial charge in [0, 0.05) is 25.8 Å². The number of hydrogen-bond donors (Lipinski definition) is 1. The number of H-pyrrole nitrogens is 1. The van der Waals surface area contributed by atoms with Gasteiger partial charge in [0.2, 0.25) is 5.91 Å². The van der Waals surface area contributed by atoms with Gasteiger partial charge in [-0.2, -0.15) is 5.10 Å². The van der Waals surface area contributed by atoms with Crippen molar-refractivity contribution < 1.29 is 14.3 Å². The molecule has 28 heavy (non-hydrogen) atoms. The molecule has 1 N–H and O–H groups in total. The molecule has 2 amide bonds. The smallest absolute Gasteiger partial charge is 0.257 e. The molecule has 148 valence electrons. The highest BCUT2D eigenvalue weighted by molar-refractivity contribution is 5.93. The molecule has 2 aliphatic rings. The average molecular weight is 382 g/mol. The first kappa shape index (κ1) is 18.7.